The van der Waals surface area contributed by atoms with Crippen LogP contribution in [0.2, 0.25) is 0 Å². The van der Waals surface area contributed by atoms with Crippen molar-refractivity contribution in [3.8, 4) is 0 Å². The number of hydrogen-bond donors (Lipinski definition) is 2. The van der Waals surface area contributed by atoms with Gasteiger partial charge >= 0.3 is 0 Å². The average Bonchev–Trinajstić information content (AvgIpc) is 3.14. The van der Waals surface area contributed by atoms with Gasteiger partial charge in [-0.15, -0.1) is 0 Å². The van der Waals surface area contributed by atoms with Gasteiger partial charge in [0.15, 0.2) is 0 Å². The predicted octanol–water partition coefficient (Wildman–Crippen LogP) is 2.51. The van der Waals surface area contributed by atoms with Gasteiger partial charge in [-0.3, -0.25) is 0 Å². The Morgan fingerprint density at radius 3 is 2.30 bits per heavy atom. The van der Waals surface area contributed by atoms with E-state index in [1.807, 2.05) is 18.3 Å². The number of aromatic nitrogens is 1. The van der Waals surface area contributed by atoms with E-state index in [0.29, 0.717) is 0 Å². The molecule has 2 N–H and O–H groups in total. The molecule has 1 aromatic heterocycles. The zero-order chi connectivity index (χ0) is 15.9. The molecule has 4 nitrogen and oxygen atoms in total. The van der Waals surface area contributed by atoms with E-state index in [-0.39, 0.29) is 6.61 Å². The minimum atomic E-state index is 0.110. The zero-order valence-electron chi connectivity index (χ0n) is 13.5. The lowest BCUT2D eigenvalue weighted by molar-refractivity contribution is 0.282. The molecule has 1 saturated heterocycles. The number of hydrogen-bond acceptors (Lipinski definition) is 4. The molecule has 0 aliphatic carbocycles. The van der Waals surface area contributed by atoms with E-state index < -0.39 is 0 Å². The van der Waals surface area contributed by atoms with Gasteiger partial charge in [-0.2, -0.15) is 0 Å². The molecule has 122 valence electrons. The second-order valence-corrected chi connectivity index (χ2v) is 6.12. The maximum Gasteiger partial charge on any atom is 0.128 e. The van der Waals surface area contributed by atoms with Crippen molar-refractivity contribution < 1.29 is 5.11 Å². The van der Waals surface area contributed by atoms with Crippen molar-refractivity contribution in [1.82, 2.24) is 10.3 Å². The van der Waals surface area contributed by atoms with Crippen molar-refractivity contribution in [1.29, 1.82) is 0 Å². The van der Waals surface area contributed by atoms with Crippen LogP contribution in [-0.2, 0) is 19.6 Å². The minimum absolute atomic E-state index is 0.110. The Kier molecular flexibility index (Phi) is 5.61. The quantitative estimate of drug-likeness (QED) is 0.771. The van der Waals surface area contributed by atoms with Gasteiger partial charge in [0.05, 0.1) is 6.61 Å². The molecule has 0 unspecified atom stereocenters. The Balaban J connectivity index is 1.41. The van der Waals surface area contributed by atoms with Crippen molar-refractivity contribution >= 4 is 5.82 Å². The van der Waals surface area contributed by atoms with Gasteiger partial charge in [0.1, 0.15) is 5.82 Å². The van der Waals surface area contributed by atoms with E-state index in [0.717, 1.165) is 44.0 Å². The Hall–Kier alpha value is -1.91. The second-order valence-electron chi connectivity index (χ2n) is 6.12. The van der Waals surface area contributed by atoms with Crippen LogP contribution in [0.15, 0.2) is 42.6 Å². The summed E-state index contributed by atoms with van der Waals surface area (Å²) in [5, 5.41) is 12.5. The molecule has 2 aromatic rings. The summed E-state index contributed by atoms with van der Waals surface area (Å²) in [5.41, 5.74) is 3.48. The molecule has 1 aliphatic rings. The highest BCUT2D eigenvalue weighted by Crippen LogP contribution is 2.17. The molecule has 0 amide bonds. The fourth-order valence-electron chi connectivity index (χ4n) is 2.93. The molecule has 1 aliphatic heterocycles. The lowest BCUT2D eigenvalue weighted by atomic mass is 10.1. The van der Waals surface area contributed by atoms with Gasteiger partial charge in [0, 0.05) is 25.8 Å². The number of aliphatic hydroxyl groups is 1. The van der Waals surface area contributed by atoms with Crippen LogP contribution in [0.1, 0.15) is 29.5 Å². The smallest absolute Gasteiger partial charge is 0.128 e. The van der Waals surface area contributed by atoms with E-state index in [1.165, 1.54) is 24.0 Å². The van der Waals surface area contributed by atoms with Gasteiger partial charge in [-0.1, -0.05) is 30.3 Å². The number of rotatable bonds is 7. The first-order valence-electron chi connectivity index (χ1n) is 8.44. The highest BCUT2D eigenvalue weighted by atomic mass is 16.3. The van der Waals surface area contributed by atoms with Crippen LogP contribution < -0.4 is 10.2 Å². The molecular formula is C19H25N3O. The number of nitrogens with one attached hydrogen (secondary N) is 1. The standard InChI is InChI=1S/C19H25N3O/c23-15-17-5-3-16(4-6-17)9-10-20-13-18-7-8-19(21-14-18)22-11-1-2-12-22/h3-8,14,20,23H,1-2,9-13,15H2. The number of anilines is 1. The van der Waals surface area contributed by atoms with Crippen molar-refractivity contribution in [2.24, 2.45) is 0 Å². The molecule has 0 atom stereocenters. The molecule has 0 saturated carbocycles. The Morgan fingerprint density at radius 1 is 0.957 bits per heavy atom. The van der Waals surface area contributed by atoms with Crippen molar-refractivity contribution in [3.05, 3.63) is 59.3 Å². The van der Waals surface area contributed by atoms with E-state index in [2.05, 4.69) is 39.5 Å². The van der Waals surface area contributed by atoms with Crippen molar-refractivity contribution in [2.75, 3.05) is 24.5 Å². The monoisotopic (exact) mass is 311 g/mol. The minimum Gasteiger partial charge on any atom is -0.392 e. The summed E-state index contributed by atoms with van der Waals surface area (Å²) in [6.07, 6.45) is 5.54. The first-order valence-corrected chi connectivity index (χ1v) is 8.44. The number of benzene rings is 1. The third-order valence-electron chi connectivity index (χ3n) is 4.36. The van der Waals surface area contributed by atoms with Gasteiger partial charge in [-0.25, -0.2) is 4.98 Å². The number of nitrogens with zero attached hydrogens (tertiary/aromatic N) is 2. The van der Waals surface area contributed by atoms with Gasteiger partial charge in [0.25, 0.3) is 0 Å². The summed E-state index contributed by atoms with van der Waals surface area (Å²) in [4.78, 5) is 6.93. The molecule has 1 fully saturated rings. The lowest BCUT2D eigenvalue weighted by Crippen LogP contribution is -2.19. The highest BCUT2D eigenvalue weighted by Gasteiger charge is 2.12. The molecular weight excluding hydrogens is 286 g/mol. The van der Waals surface area contributed by atoms with Gasteiger partial charge < -0.3 is 15.3 Å². The number of pyridine rings is 1. The molecule has 4 heteroatoms. The third kappa shape index (κ3) is 4.53. The summed E-state index contributed by atoms with van der Waals surface area (Å²) in [6, 6.07) is 12.4. The normalized spacial score (nSPS) is 14.4. The van der Waals surface area contributed by atoms with Crippen molar-refractivity contribution in [3.63, 3.8) is 0 Å². The van der Waals surface area contributed by atoms with E-state index >= 15 is 0 Å². The second kappa shape index (κ2) is 8.09. The van der Waals surface area contributed by atoms with Crippen molar-refractivity contribution in [2.45, 2.75) is 32.4 Å². The summed E-state index contributed by atoms with van der Waals surface area (Å²) in [5.74, 6) is 1.11. The molecule has 2 heterocycles. The maximum atomic E-state index is 9.04. The third-order valence-corrected chi connectivity index (χ3v) is 4.36. The maximum absolute atomic E-state index is 9.04. The fourth-order valence-corrected chi connectivity index (χ4v) is 2.93. The Morgan fingerprint density at radius 2 is 1.65 bits per heavy atom. The van der Waals surface area contributed by atoms with Crippen LogP contribution in [0.25, 0.3) is 0 Å². The Bertz CT molecular complexity index is 589. The summed E-state index contributed by atoms with van der Waals surface area (Å²) in [7, 11) is 0. The van der Waals surface area contributed by atoms with E-state index in [4.69, 9.17) is 5.11 Å². The fraction of sp³-hybridized carbons (Fsp3) is 0.421. The van der Waals surface area contributed by atoms with Crippen LogP contribution in [0.5, 0.6) is 0 Å². The summed E-state index contributed by atoms with van der Waals surface area (Å²) < 4.78 is 0. The van der Waals surface area contributed by atoms with Crippen LogP contribution >= 0.6 is 0 Å². The molecule has 3 rings (SSSR count). The Labute approximate surface area is 138 Å². The first-order chi connectivity index (χ1) is 11.3. The van der Waals surface area contributed by atoms with Crippen LogP contribution in [0.3, 0.4) is 0 Å². The first kappa shape index (κ1) is 16.0. The van der Waals surface area contributed by atoms with Crippen LogP contribution in [0, 0.1) is 0 Å². The molecule has 23 heavy (non-hydrogen) atoms. The SMILES string of the molecule is OCc1ccc(CCNCc2ccc(N3CCCC3)nc2)cc1. The highest BCUT2D eigenvalue weighted by molar-refractivity contribution is 5.40. The van der Waals surface area contributed by atoms with Gasteiger partial charge in [-0.05, 0) is 48.6 Å². The molecule has 1 aromatic carbocycles. The van der Waals surface area contributed by atoms with Crippen LogP contribution in [-0.4, -0.2) is 29.7 Å². The topological polar surface area (TPSA) is 48.4 Å². The summed E-state index contributed by atoms with van der Waals surface area (Å²) in [6.45, 7) is 4.17. The molecule has 0 bridgehead atoms. The molecule has 0 spiro atoms. The van der Waals surface area contributed by atoms with E-state index in [9.17, 15) is 0 Å². The van der Waals surface area contributed by atoms with E-state index in [1.54, 1.807) is 0 Å². The average molecular weight is 311 g/mol. The number of aliphatic hydroxyl groups excluding tert-OH is 1. The molecule has 0 radical (unpaired) electrons. The predicted molar refractivity (Wildman–Crippen MR) is 93.5 cm³/mol. The zero-order valence-corrected chi connectivity index (χ0v) is 13.5. The summed E-state index contributed by atoms with van der Waals surface area (Å²) >= 11 is 0. The van der Waals surface area contributed by atoms with Gasteiger partial charge in [0.2, 0.25) is 0 Å². The van der Waals surface area contributed by atoms with Crippen LogP contribution in [0.4, 0.5) is 5.82 Å². The largest absolute Gasteiger partial charge is 0.392 e. The lowest BCUT2D eigenvalue weighted by Gasteiger charge is -2.16.